The van der Waals surface area contributed by atoms with E-state index in [2.05, 4.69) is 20.8 Å². The van der Waals surface area contributed by atoms with Gasteiger partial charge in [0, 0.05) is 17.6 Å². The summed E-state index contributed by atoms with van der Waals surface area (Å²) in [6.07, 6.45) is 3.00. The molecule has 21 heavy (non-hydrogen) atoms. The molecular weight excluding hydrogens is 306 g/mol. The Bertz CT molecular complexity index is 653. The van der Waals surface area contributed by atoms with Gasteiger partial charge in [0.2, 0.25) is 10.0 Å². The van der Waals surface area contributed by atoms with Crippen molar-refractivity contribution >= 4 is 21.6 Å². The maximum Gasteiger partial charge on any atom is 0.243 e. The van der Waals surface area contributed by atoms with Crippen molar-refractivity contribution in [3.8, 4) is 0 Å². The van der Waals surface area contributed by atoms with Gasteiger partial charge in [-0.2, -0.15) is 4.31 Å². The van der Waals surface area contributed by atoms with E-state index in [1.807, 2.05) is 0 Å². The molecule has 1 heterocycles. The SMILES string of the molecule is CC1(C)C[C@@H]2C[C@](C)(CN2S(=O)(=O)c2ccc(Cl)cc2)C1. The van der Waals surface area contributed by atoms with E-state index in [9.17, 15) is 8.42 Å². The lowest BCUT2D eigenvalue weighted by atomic mass is 9.65. The lowest BCUT2D eigenvalue weighted by Gasteiger charge is -2.39. The molecule has 0 radical (unpaired) electrons. The Morgan fingerprint density at radius 1 is 1.14 bits per heavy atom. The minimum absolute atomic E-state index is 0.103. The number of sulfonamides is 1. The zero-order valence-electron chi connectivity index (χ0n) is 12.8. The van der Waals surface area contributed by atoms with E-state index in [1.54, 1.807) is 28.6 Å². The van der Waals surface area contributed by atoms with Crippen molar-refractivity contribution in [3.05, 3.63) is 29.3 Å². The van der Waals surface area contributed by atoms with Crippen LogP contribution in [0, 0.1) is 10.8 Å². The summed E-state index contributed by atoms with van der Waals surface area (Å²) in [5.74, 6) is 0. The fourth-order valence-electron chi connectivity index (χ4n) is 4.43. The lowest BCUT2D eigenvalue weighted by molar-refractivity contribution is 0.133. The molecule has 116 valence electrons. The Balaban J connectivity index is 1.96. The molecule has 2 bridgehead atoms. The smallest absolute Gasteiger partial charge is 0.207 e. The molecule has 3 nitrogen and oxygen atoms in total. The lowest BCUT2D eigenvalue weighted by Crippen LogP contribution is -2.37. The van der Waals surface area contributed by atoms with Crippen LogP contribution in [0.25, 0.3) is 0 Å². The van der Waals surface area contributed by atoms with Gasteiger partial charge in [0.25, 0.3) is 0 Å². The fourth-order valence-corrected chi connectivity index (χ4v) is 6.33. The standard InChI is InChI=1S/C16H22ClNO2S/c1-15(2)8-13-9-16(3,10-15)11-18(13)21(19,20)14-6-4-12(17)5-7-14/h4-7,13H,8-11H2,1-3H3/t13-,16+/m1/s1. The highest BCUT2D eigenvalue weighted by Gasteiger charge is 2.53. The van der Waals surface area contributed by atoms with Crippen molar-refractivity contribution in [2.75, 3.05) is 6.54 Å². The van der Waals surface area contributed by atoms with E-state index in [0.717, 1.165) is 19.3 Å². The molecule has 2 atom stereocenters. The average Bonchev–Trinajstić information content (AvgIpc) is 2.59. The molecule has 1 aromatic rings. The van der Waals surface area contributed by atoms with Crippen LogP contribution in [0.1, 0.15) is 40.0 Å². The molecule has 1 aliphatic carbocycles. The maximum absolute atomic E-state index is 12.9. The van der Waals surface area contributed by atoms with Crippen LogP contribution < -0.4 is 0 Å². The normalized spacial score (nSPS) is 32.3. The summed E-state index contributed by atoms with van der Waals surface area (Å²) >= 11 is 5.86. The van der Waals surface area contributed by atoms with Gasteiger partial charge in [-0.3, -0.25) is 0 Å². The first-order valence-corrected chi connectivity index (χ1v) is 9.21. The van der Waals surface area contributed by atoms with Crippen molar-refractivity contribution < 1.29 is 8.42 Å². The molecule has 1 saturated heterocycles. The van der Waals surface area contributed by atoms with Crippen molar-refractivity contribution in [2.45, 2.75) is 51.0 Å². The molecule has 0 spiro atoms. The topological polar surface area (TPSA) is 37.4 Å². The number of nitrogens with zero attached hydrogens (tertiary/aromatic N) is 1. The number of halogens is 1. The third-order valence-corrected chi connectivity index (χ3v) is 6.95. The summed E-state index contributed by atoms with van der Waals surface area (Å²) in [5.41, 5.74) is 0.313. The van der Waals surface area contributed by atoms with Gasteiger partial charge in [-0.15, -0.1) is 0 Å². The Hall–Kier alpha value is -0.580. The highest BCUT2D eigenvalue weighted by molar-refractivity contribution is 7.89. The Morgan fingerprint density at radius 2 is 1.76 bits per heavy atom. The molecule has 1 saturated carbocycles. The van der Waals surface area contributed by atoms with E-state index in [4.69, 9.17) is 11.6 Å². The van der Waals surface area contributed by atoms with Crippen LogP contribution in [0.15, 0.2) is 29.2 Å². The van der Waals surface area contributed by atoms with Crippen LogP contribution in [-0.4, -0.2) is 25.3 Å². The minimum atomic E-state index is -3.42. The predicted octanol–water partition coefficient (Wildman–Crippen LogP) is 3.93. The fraction of sp³-hybridized carbons (Fsp3) is 0.625. The van der Waals surface area contributed by atoms with Crippen molar-refractivity contribution in [1.29, 1.82) is 0 Å². The monoisotopic (exact) mass is 327 g/mol. The van der Waals surface area contributed by atoms with Crippen LogP contribution in [0.2, 0.25) is 5.02 Å². The minimum Gasteiger partial charge on any atom is -0.207 e. The predicted molar refractivity (Wildman–Crippen MR) is 84.9 cm³/mol. The average molecular weight is 328 g/mol. The van der Waals surface area contributed by atoms with Gasteiger partial charge in [-0.05, 0) is 54.4 Å². The van der Waals surface area contributed by atoms with Crippen LogP contribution >= 0.6 is 11.6 Å². The molecule has 1 aliphatic heterocycles. The number of rotatable bonds is 2. The van der Waals surface area contributed by atoms with Gasteiger partial charge in [0.1, 0.15) is 0 Å². The van der Waals surface area contributed by atoms with E-state index in [0.29, 0.717) is 16.5 Å². The van der Waals surface area contributed by atoms with E-state index in [-0.39, 0.29) is 16.9 Å². The number of hydrogen-bond donors (Lipinski definition) is 0. The van der Waals surface area contributed by atoms with Crippen LogP contribution in [0.3, 0.4) is 0 Å². The van der Waals surface area contributed by atoms with Gasteiger partial charge in [-0.25, -0.2) is 8.42 Å². The first-order chi connectivity index (χ1) is 9.61. The third kappa shape index (κ3) is 2.73. The number of fused-ring (bicyclic) bond motifs is 2. The highest BCUT2D eigenvalue weighted by Crippen LogP contribution is 2.53. The van der Waals surface area contributed by atoms with Crippen molar-refractivity contribution in [2.24, 2.45) is 10.8 Å². The molecule has 1 aromatic carbocycles. The number of hydrogen-bond acceptors (Lipinski definition) is 2. The second kappa shape index (κ2) is 4.71. The Morgan fingerprint density at radius 3 is 2.38 bits per heavy atom. The zero-order chi connectivity index (χ0) is 15.5. The van der Waals surface area contributed by atoms with Crippen LogP contribution in [0.4, 0.5) is 0 Å². The molecule has 0 unspecified atom stereocenters. The van der Waals surface area contributed by atoms with E-state index in [1.165, 1.54) is 0 Å². The number of benzene rings is 1. The molecular formula is C16H22ClNO2S. The largest absolute Gasteiger partial charge is 0.243 e. The van der Waals surface area contributed by atoms with E-state index >= 15 is 0 Å². The maximum atomic E-state index is 12.9. The molecule has 0 aromatic heterocycles. The van der Waals surface area contributed by atoms with Gasteiger partial charge >= 0.3 is 0 Å². The van der Waals surface area contributed by atoms with Gasteiger partial charge < -0.3 is 0 Å². The van der Waals surface area contributed by atoms with Crippen molar-refractivity contribution in [3.63, 3.8) is 0 Å². The first kappa shape index (κ1) is 15.3. The molecule has 3 rings (SSSR count). The second-order valence-corrected chi connectivity index (χ2v) is 10.0. The zero-order valence-corrected chi connectivity index (χ0v) is 14.3. The molecule has 2 aliphatic rings. The van der Waals surface area contributed by atoms with Crippen molar-refractivity contribution in [1.82, 2.24) is 4.31 Å². The second-order valence-electron chi connectivity index (χ2n) is 7.72. The first-order valence-electron chi connectivity index (χ1n) is 7.39. The Kier molecular flexibility index (Phi) is 3.43. The Labute approximate surface area is 132 Å². The van der Waals surface area contributed by atoms with Crippen LogP contribution in [-0.2, 0) is 10.0 Å². The summed E-state index contributed by atoms with van der Waals surface area (Å²) < 4.78 is 27.6. The molecule has 2 fully saturated rings. The van der Waals surface area contributed by atoms with Gasteiger partial charge in [0.05, 0.1) is 4.90 Å². The molecule has 0 amide bonds. The summed E-state index contributed by atoms with van der Waals surface area (Å²) in [4.78, 5) is 0.348. The summed E-state index contributed by atoms with van der Waals surface area (Å²) in [6.45, 7) is 7.34. The quantitative estimate of drug-likeness (QED) is 0.825. The van der Waals surface area contributed by atoms with Gasteiger partial charge in [0.15, 0.2) is 0 Å². The molecule has 0 N–H and O–H groups in total. The summed E-state index contributed by atoms with van der Waals surface area (Å²) in [5, 5.41) is 0.558. The summed E-state index contributed by atoms with van der Waals surface area (Å²) in [7, 11) is -3.42. The summed E-state index contributed by atoms with van der Waals surface area (Å²) in [6, 6.07) is 6.62. The highest BCUT2D eigenvalue weighted by atomic mass is 35.5. The molecule has 5 heteroatoms. The van der Waals surface area contributed by atoms with Crippen LogP contribution in [0.5, 0.6) is 0 Å². The van der Waals surface area contributed by atoms with Gasteiger partial charge in [-0.1, -0.05) is 32.4 Å². The third-order valence-electron chi connectivity index (χ3n) is 4.79. The van der Waals surface area contributed by atoms with E-state index < -0.39 is 10.0 Å².